The van der Waals surface area contributed by atoms with Crippen molar-refractivity contribution in [3.8, 4) is 0 Å². The van der Waals surface area contributed by atoms with E-state index in [-0.39, 0.29) is 13.2 Å². The fourth-order valence-corrected chi connectivity index (χ4v) is 6.03. The number of hydrogen-bond donors (Lipinski definition) is 2. The fraction of sp³-hybridized carbons (Fsp3) is 0.974. The van der Waals surface area contributed by atoms with Crippen molar-refractivity contribution in [1.29, 1.82) is 0 Å². The lowest BCUT2D eigenvalue weighted by Gasteiger charge is -2.06. The molecule has 2 N–H and O–H groups in total. The van der Waals surface area contributed by atoms with Crippen molar-refractivity contribution in [2.75, 3.05) is 19.8 Å². The van der Waals surface area contributed by atoms with Crippen LogP contribution in [0.1, 0.15) is 219 Å². The zero-order valence-corrected chi connectivity index (χ0v) is 28.7. The standard InChI is InChI=1S/C38H77NO3/c1-2-3-4-5-6-7-8-9-10-11-12-13-14-15-16-17-18-19-20-21-22-23-24-25-26-27-28-29-30-31-32-33-34-37-42-38(41)39-35-36-40/h40H,2-37H2,1H3,(H,39,41). The molecule has 0 saturated carbocycles. The van der Waals surface area contributed by atoms with E-state index in [1.165, 1.54) is 199 Å². The van der Waals surface area contributed by atoms with Gasteiger partial charge in [-0.25, -0.2) is 4.79 Å². The lowest BCUT2D eigenvalue weighted by Crippen LogP contribution is -2.27. The summed E-state index contributed by atoms with van der Waals surface area (Å²) in [5.74, 6) is 0. The lowest BCUT2D eigenvalue weighted by atomic mass is 10.0. The first kappa shape index (κ1) is 41.2. The Kier molecular flexibility index (Phi) is 37.6. The Morgan fingerprint density at radius 1 is 0.429 bits per heavy atom. The lowest BCUT2D eigenvalue weighted by molar-refractivity contribution is 0.141. The van der Waals surface area contributed by atoms with Crippen LogP contribution in [-0.4, -0.2) is 31.0 Å². The zero-order chi connectivity index (χ0) is 30.4. The minimum Gasteiger partial charge on any atom is -0.450 e. The molecule has 42 heavy (non-hydrogen) atoms. The van der Waals surface area contributed by atoms with Crippen LogP contribution >= 0.6 is 0 Å². The highest BCUT2D eigenvalue weighted by molar-refractivity contribution is 5.66. The molecule has 0 aromatic rings. The van der Waals surface area contributed by atoms with Gasteiger partial charge in [-0.2, -0.15) is 0 Å². The third-order valence-electron chi connectivity index (χ3n) is 8.86. The third kappa shape index (κ3) is 37.3. The van der Waals surface area contributed by atoms with E-state index in [2.05, 4.69) is 12.2 Å². The second kappa shape index (κ2) is 38.3. The Morgan fingerprint density at radius 3 is 0.905 bits per heavy atom. The number of rotatable bonds is 36. The summed E-state index contributed by atoms with van der Waals surface area (Å²) in [5, 5.41) is 11.1. The molecule has 0 unspecified atom stereocenters. The van der Waals surface area contributed by atoms with Crippen LogP contribution in [0.4, 0.5) is 4.79 Å². The van der Waals surface area contributed by atoms with E-state index in [1.54, 1.807) is 0 Å². The van der Waals surface area contributed by atoms with Gasteiger partial charge >= 0.3 is 6.09 Å². The number of aliphatic hydroxyl groups excluding tert-OH is 1. The molecule has 0 aliphatic rings. The summed E-state index contributed by atoms with van der Waals surface area (Å²) in [6.45, 7) is 3.00. The van der Waals surface area contributed by atoms with Crippen LogP contribution in [0, 0.1) is 0 Å². The van der Waals surface area contributed by atoms with E-state index in [1.807, 2.05) is 0 Å². The number of aliphatic hydroxyl groups is 1. The van der Waals surface area contributed by atoms with E-state index < -0.39 is 6.09 Å². The summed E-state index contributed by atoms with van der Waals surface area (Å²) in [4.78, 5) is 11.2. The van der Waals surface area contributed by atoms with Crippen molar-refractivity contribution in [3.05, 3.63) is 0 Å². The van der Waals surface area contributed by atoms with Crippen molar-refractivity contribution >= 4 is 6.09 Å². The summed E-state index contributed by atoms with van der Waals surface area (Å²) < 4.78 is 5.05. The molecule has 0 spiro atoms. The molecule has 0 aromatic carbocycles. The Balaban J connectivity index is 3.06. The minimum absolute atomic E-state index is 0.0468. The highest BCUT2D eigenvalue weighted by Gasteiger charge is 2.00. The van der Waals surface area contributed by atoms with Gasteiger partial charge in [-0.05, 0) is 6.42 Å². The third-order valence-corrected chi connectivity index (χ3v) is 8.86. The summed E-state index contributed by atoms with van der Waals surface area (Å²) in [5.41, 5.74) is 0. The van der Waals surface area contributed by atoms with Gasteiger partial charge in [0.1, 0.15) is 0 Å². The maximum absolute atomic E-state index is 11.2. The van der Waals surface area contributed by atoms with Crippen molar-refractivity contribution < 1.29 is 14.6 Å². The van der Waals surface area contributed by atoms with Gasteiger partial charge in [-0.1, -0.05) is 212 Å². The van der Waals surface area contributed by atoms with Crippen molar-refractivity contribution in [2.45, 2.75) is 219 Å². The number of ether oxygens (including phenoxy) is 1. The van der Waals surface area contributed by atoms with Gasteiger partial charge in [0, 0.05) is 6.54 Å². The number of alkyl carbamates (subject to hydrolysis) is 1. The van der Waals surface area contributed by atoms with E-state index in [0.717, 1.165) is 12.8 Å². The second-order valence-electron chi connectivity index (χ2n) is 13.1. The van der Waals surface area contributed by atoms with Gasteiger partial charge in [-0.3, -0.25) is 0 Å². The molecule has 1 amide bonds. The first-order valence-electron chi connectivity index (χ1n) is 19.3. The molecule has 0 aliphatic heterocycles. The summed E-state index contributed by atoms with van der Waals surface area (Å²) in [6, 6.07) is 0. The van der Waals surface area contributed by atoms with Gasteiger partial charge in [0.25, 0.3) is 0 Å². The van der Waals surface area contributed by atoms with Crippen LogP contribution in [-0.2, 0) is 4.74 Å². The van der Waals surface area contributed by atoms with Crippen LogP contribution in [0.3, 0.4) is 0 Å². The molecule has 0 saturated heterocycles. The molecule has 0 atom stereocenters. The first-order chi connectivity index (χ1) is 20.8. The number of carbonyl (C=O) groups is 1. The van der Waals surface area contributed by atoms with Crippen molar-refractivity contribution in [2.24, 2.45) is 0 Å². The number of carbonyl (C=O) groups excluding carboxylic acids is 1. The van der Waals surface area contributed by atoms with E-state index in [9.17, 15) is 4.79 Å². The van der Waals surface area contributed by atoms with Gasteiger partial charge in [0.15, 0.2) is 0 Å². The van der Waals surface area contributed by atoms with Crippen LogP contribution in [0.2, 0.25) is 0 Å². The van der Waals surface area contributed by atoms with E-state index >= 15 is 0 Å². The SMILES string of the molecule is CCCCCCCCCCCCCCCCCCCCCCCCCCCCCCCCCCCOC(=O)NCCO. The Hall–Kier alpha value is -0.770. The van der Waals surface area contributed by atoms with Crippen molar-refractivity contribution in [1.82, 2.24) is 5.32 Å². The Morgan fingerprint density at radius 2 is 0.667 bits per heavy atom. The molecule has 0 aliphatic carbocycles. The molecule has 0 aromatic heterocycles. The average molecular weight is 596 g/mol. The summed E-state index contributed by atoms with van der Waals surface area (Å²) in [6.07, 6.45) is 46.2. The monoisotopic (exact) mass is 596 g/mol. The highest BCUT2D eigenvalue weighted by atomic mass is 16.5. The van der Waals surface area contributed by atoms with Gasteiger partial charge in [0.05, 0.1) is 13.2 Å². The van der Waals surface area contributed by atoms with Crippen LogP contribution in [0.25, 0.3) is 0 Å². The predicted octanol–water partition coefficient (Wildman–Crippen LogP) is 12.6. The second-order valence-corrected chi connectivity index (χ2v) is 13.1. The number of hydrogen-bond acceptors (Lipinski definition) is 3. The maximum Gasteiger partial charge on any atom is 0.407 e. The Bertz CT molecular complexity index is 499. The number of nitrogens with one attached hydrogen (secondary N) is 1. The first-order valence-corrected chi connectivity index (χ1v) is 19.3. The molecule has 0 bridgehead atoms. The molecule has 4 nitrogen and oxygen atoms in total. The molecule has 0 fully saturated rings. The quantitative estimate of drug-likeness (QED) is 0.0708. The molecular weight excluding hydrogens is 518 g/mol. The van der Waals surface area contributed by atoms with Gasteiger partial charge in [-0.15, -0.1) is 0 Å². The number of unbranched alkanes of at least 4 members (excludes halogenated alkanes) is 32. The average Bonchev–Trinajstić information content (AvgIpc) is 3.00. The molecule has 0 radical (unpaired) electrons. The summed E-state index contributed by atoms with van der Waals surface area (Å²) in [7, 11) is 0. The van der Waals surface area contributed by atoms with E-state index in [0.29, 0.717) is 6.61 Å². The summed E-state index contributed by atoms with van der Waals surface area (Å²) >= 11 is 0. The topological polar surface area (TPSA) is 58.6 Å². The molecular formula is C38H77NO3. The predicted molar refractivity (Wildman–Crippen MR) is 184 cm³/mol. The fourth-order valence-electron chi connectivity index (χ4n) is 6.03. The molecule has 0 heterocycles. The minimum atomic E-state index is -0.417. The van der Waals surface area contributed by atoms with Crippen molar-refractivity contribution in [3.63, 3.8) is 0 Å². The normalized spacial score (nSPS) is 11.3. The number of amides is 1. The largest absolute Gasteiger partial charge is 0.450 e. The van der Waals surface area contributed by atoms with Crippen LogP contribution in [0.5, 0.6) is 0 Å². The van der Waals surface area contributed by atoms with Gasteiger partial charge in [0.2, 0.25) is 0 Å². The maximum atomic E-state index is 11.2. The van der Waals surface area contributed by atoms with E-state index in [4.69, 9.17) is 9.84 Å². The van der Waals surface area contributed by atoms with Crippen LogP contribution in [0.15, 0.2) is 0 Å². The highest BCUT2D eigenvalue weighted by Crippen LogP contribution is 2.17. The molecule has 252 valence electrons. The molecule has 4 heteroatoms. The molecule has 0 rings (SSSR count). The van der Waals surface area contributed by atoms with Gasteiger partial charge < -0.3 is 15.2 Å². The Labute approximate surface area is 264 Å². The smallest absolute Gasteiger partial charge is 0.407 e. The van der Waals surface area contributed by atoms with Crippen LogP contribution < -0.4 is 5.32 Å². The zero-order valence-electron chi connectivity index (χ0n) is 28.7.